The summed E-state index contributed by atoms with van der Waals surface area (Å²) in [7, 11) is 0.131. The van der Waals surface area contributed by atoms with Gasteiger partial charge in [-0.1, -0.05) is 0 Å². The predicted molar refractivity (Wildman–Crippen MR) is 124 cm³/mol. The van der Waals surface area contributed by atoms with Crippen LogP contribution in [0.1, 0.15) is 0 Å². The molecule has 3 aromatic carbocycles. The number of benzene rings is 3. The van der Waals surface area contributed by atoms with Crippen LogP contribution in [0.3, 0.4) is 0 Å². The Balaban J connectivity index is 0.000000623. The summed E-state index contributed by atoms with van der Waals surface area (Å²) in [6, 6.07) is 29.4. The average Bonchev–Trinajstić information content (AvgIpc) is 2.87. The van der Waals surface area contributed by atoms with Gasteiger partial charge in [0.2, 0.25) is 0 Å². The van der Waals surface area contributed by atoms with Crippen molar-refractivity contribution in [2.45, 2.75) is 0 Å². The summed E-state index contributed by atoms with van der Waals surface area (Å²) in [6.07, 6.45) is 0. The van der Waals surface area contributed by atoms with Crippen molar-refractivity contribution in [1.82, 2.24) is 0 Å². The molecule has 0 atom stereocenters. The first-order valence-electron chi connectivity index (χ1n) is 10.2. The largest absolute Gasteiger partial charge is 0.222 e. The molecule has 7 nitrogen and oxygen atoms in total. The van der Waals surface area contributed by atoms with Gasteiger partial charge in [-0.3, -0.25) is 0 Å². The summed E-state index contributed by atoms with van der Waals surface area (Å²) >= 11 is 0.180. The topological polar surface area (TPSA) is 120 Å². The van der Waals surface area contributed by atoms with Crippen LogP contribution in [0.2, 0.25) is 0 Å². The van der Waals surface area contributed by atoms with Crippen LogP contribution in [0.5, 0.6) is 17.2 Å². The van der Waals surface area contributed by atoms with Gasteiger partial charge in [0.05, 0.1) is 0 Å². The van der Waals surface area contributed by atoms with E-state index in [0.29, 0.717) is 0 Å². The molecule has 9 heteroatoms. The second-order valence-electron chi connectivity index (χ2n) is 7.14. The molecule has 0 bridgehead atoms. The molecule has 0 N–H and O–H groups in total. The molecule has 0 aliphatic carbocycles. The van der Waals surface area contributed by atoms with Crippen LogP contribution >= 0.6 is 0 Å². The number of hydrogen-bond donors (Lipinski definition) is 0. The van der Waals surface area contributed by atoms with E-state index in [9.17, 15) is 0 Å². The summed E-state index contributed by atoms with van der Waals surface area (Å²) in [5.74, 6) is 2.60. The zero-order chi connectivity index (χ0) is 25.4. The summed E-state index contributed by atoms with van der Waals surface area (Å²) in [5, 5.41) is 0. The fraction of sp³-hybridized carbons (Fsp3) is 0.115. The third-order valence-electron chi connectivity index (χ3n) is 4.97. The Morgan fingerprint density at radius 2 is 0.771 bits per heavy atom. The van der Waals surface area contributed by atoms with Gasteiger partial charge in [0.1, 0.15) is 0 Å². The molecule has 4 aromatic rings. The van der Waals surface area contributed by atoms with Crippen molar-refractivity contribution in [2.24, 2.45) is 0 Å². The molecule has 0 fully saturated rings. The van der Waals surface area contributed by atoms with Crippen molar-refractivity contribution in [3.8, 4) is 48.4 Å². The first kappa shape index (κ1) is 26.7. The molecule has 1 aromatic heterocycles. The minimum atomic E-state index is -4.94. The molecule has 0 saturated carbocycles. The van der Waals surface area contributed by atoms with Gasteiger partial charge in [0.25, 0.3) is 0 Å². The minimum Gasteiger partial charge on any atom is -0.222 e. The van der Waals surface area contributed by atoms with Crippen LogP contribution in [0.25, 0.3) is 31.1 Å². The van der Waals surface area contributed by atoms with E-state index in [4.69, 9.17) is 32.8 Å². The van der Waals surface area contributed by atoms with E-state index < -0.39 is 10.2 Å². The summed E-state index contributed by atoms with van der Waals surface area (Å²) in [6.45, 7) is 0. The van der Waals surface area contributed by atoms with E-state index in [1.54, 1.807) is 21.3 Å². The quantitative estimate of drug-likeness (QED) is 0.325. The van der Waals surface area contributed by atoms with Gasteiger partial charge in [-0.2, -0.15) is 0 Å². The van der Waals surface area contributed by atoms with Crippen LogP contribution < -0.4 is 32.8 Å². The van der Waals surface area contributed by atoms with Gasteiger partial charge in [0, 0.05) is 0 Å². The molecule has 0 saturated heterocycles. The Kier molecular flexibility index (Phi) is 9.26. The Bertz CT molecular complexity index is 1060. The van der Waals surface area contributed by atoms with E-state index in [0.717, 1.165) is 17.2 Å². The molecule has 0 spiro atoms. The SMILES string of the molecule is COc1ccc(-c2cc(-c3ccc(OC)cc3)[se+]c(-c3ccc(OC)cc3)c2)cc1.[O-][Cl+3]([O-])([O-])[O-]. The van der Waals surface area contributed by atoms with E-state index in [-0.39, 0.29) is 14.5 Å². The summed E-state index contributed by atoms with van der Waals surface area (Å²) < 4.78 is 52.6. The number of hydrogen-bond acceptors (Lipinski definition) is 7. The number of halogens is 1. The van der Waals surface area contributed by atoms with E-state index in [2.05, 4.69) is 48.5 Å². The van der Waals surface area contributed by atoms with Crippen LogP contribution in [-0.4, -0.2) is 35.8 Å². The summed E-state index contributed by atoms with van der Waals surface area (Å²) in [4.78, 5) is 0. The maximum Gasteiger partial charge on any atom is -0.112 e. The molecule has 0 unspecified atom stereocenters. The monoisotopic (exact) mass is 562 g/mol. The molecule has 182 valence electrons. The third-order valence-corrected chi connectivity index (χ3v) is 7.37. The number of methoxy groups -OCH3 is 3. The van der Waals surface area contributed by atoms with E-state index in [1.807, 2.05) is 36.4 Å². The van der Waals surface area contributed by atoms with Crippen LogP contribution in [0.4, 0.5) is 0 Å². The van der Waals surface area contributed by atoms with Gasteiger partial charge in [-0.15, -0.1) is 10.2 Å². The maximum atomic E-state index is 8.49. The third kappa shape index (κ3) is 8.06. The van der Waals surface area contributed by atoms with Crippen molar-refractivity contribution in [3.05, 3.63) is 84.9 Å². The summed E-state index contributed by atoms with van der Waals surface area (Å²) in [5.41, 5.74) is 4.81. The Morgan fingerprint density at radius 3 is 1.06 bits per heavy atom. The van der Waals surface area contributed by atoms with Crippen LogP contribution in [-0.2, 0) is 0 Å². The smallest absolute Gasteiger partial charge is 0.112 e. The normalized spacial score (nSPS) is 10.7. The van der Waals surface area contributed by atoms with Crippen molar-refractivity contribution < 1.29 is 43.1 Å². The Hall–Kier alpha value is -2.94. The molecular weight excluding hydrogens is 539 g/mol. The van der Waals surface area contributed by atoms with Crippen LogP contribution in [0, 0.1) is 10.2 Å². The van der Waals surface area contributed by atoms with E-state index >= 15 is 0 Å². The molecule has 0 aliphatic rings. The zero-order valence-corrected chi connectivity index (χ0v) is 21.7. The van der Waals surface area contributed by atoms with Gasteiger partial charge < -0.3 is 0 Å². The first-order valence-corrected chi connectivity index (χ1v) is 13.2. The Morgan fingerprint density at radius 1 is 0.486 bits per heavy atom. The van der Waals surface area contributed by atoms with Crippen molar-refractivity contribution in [2.75, 3.05) is 21.3 Å². The molecule has 0 radical (unpaired) electrons. The minimum absolute atomic E-state index is 0.180. The molecular formula is C26H23ClO7Se. The fourth-order valence-corrected chi connectivity index (χ4v) is 5.59. The molecule has 35 heavy (non-hydrogen) atoms. The first-order chi connectivity index (χ1) is 16.7. The van der Waals surface area contributed by atoms with Crippen LogP contribution in [0.15, 0.2) is 84.9 Å². The second-order valence-corrected chi connectivity index (χ2v) is 10.2. The molecule has 1 heterocycles. The molecule has 0 amide bonds. The van der Waals surface area contributed by atoms with Crippen molar-refractivity contribution in [3.63, 3.8) is 0 Å². The van der Waals surface area contributed by atoms with E-state index in [1.165, 1.54) is 31.1 Å². The van der Waals surface area contributed by atoms with Crippen molar-refractivity contribution in [1.29, 1.82) is 0 Å². The second kappa shape index (κ2) is 12.2. The van der Waals surface area contributed by atoms with Gasteiger partial charge in [-0.25, -0.2) is 18.6 Å². The maximum absolute atomic E-state index is 8.49. The predicted octanol–water partition coefficient (Wildman–Crippen LogP) is 1.30. The average molecular weight is 562 g/mol. The number of rotatable bonds is 6. The van der Waals surface area contributed by atoms with Gasteiger partial charge in [-0.05, 0) is 0 Å². The van der Waals surface area contributed by atoms with Gasteiger partial charge >= 0.3 is 183 Å². The Labute approximate surface area is 211 Å². The standard InChI is InChI=1S/C26H23O3Se.ClHO4/c1-27-22-10-4-18(5-11-22)21-16-25(19-6-12-23(28-2)13-7-19)30-26(17-21)20-8-14-24(29-3)15-9-20;2-1(3,4)5/h4-17H,1-3H3;(H,2,3,4,5)/q+1;/p-1. The molecule has 0 aliphatic heterocycles. The zero-order valence-electron chi connectivity index (χ0n) is 19.2. The fourth-order valence-electron chi connectivity index (χ4n) is 3.25. The van der Waals surface area contributed by atoms with Crippen molar-refractivity contribution >= 4 is 14.5 Å². The number of ether oxygens (including phenoxy) is 3. The molecule has 4 rings (SSSR count). The van der Waals surface area contributed by atoms with Gasteiger partial charge in [0.15, 0.2) is 0 Å².